The molecule has 56 valence electrons. The van der Waals surface area contributed by atoms with Crippen molar-refractivity contribution in [3.63, 3.8) is 0 Å². The maximum absolute atomic E-state index is 4.81. The van der Waals surface area contributed by atoms with Crippen LogP contribution in [0.2, 0.25) is 0 Å². The molecule has 0 unspecified atom stereocenters. The van der Waals surface area contributed by atoms with Crippen LogP contribution in [0, 0.1) is 0 Å². The minimum Gasteiger partial charge on any atom is -0.793 e. The molecule has 0 amide bonds. The van der Waals surface area contributed by atoms with Crippen molar-refractivity contribution in [1.82, 2.24) is 0 Å². The standard InChI is InChI=1S/C6H6S.C2H6S.Mg/c7-6-4-2-1-3-5-6;1-2-3;/h1-5,7H;3H,2H2,1H3;/q;;+2/p-2. The van der Waals surface area contributed by atoms with Crippen molar-refractivity contribution < 1.29 is 0 Å². The van der Waals surface area contributed by atoms with Crippen molar-refractivity contribution in [2.75, 3.05) is 5.75 Å². The van der Waals surface area contributed by atoms with Gasteiger partial charge in [-0.15, -0.1) is 0 Å². The van der Waals surface area contributed by atoms with E-state index in [4.69, 9.17) is 12.6 Å². The van der Waals surface area contributed by atoms with E-state index in [1.807, 2.05) is 37.3 Å². The van der Waals surface area contributed by atoms with Crippen molar-refractivity contribution in [2.24, 2.45) is 0 Å². The van der Waals surface area contributed by atoms with Crippen LogP contribution in [0.15, 0.2) is 35.2 Å². The average Bonchev–Trinajstić information content (AvgIpc) is 1.91. The van der Waals surface area contributed by atoms with Gasteiger partial charge in [-0.25, -0.2) is 0 Å². The molecule has 0 heterocycles. The minimum absolute atomic E-state index is 0. The van der Waals surface area contributed by atoms with Gasteiger partial charge < -0.3 is 25.3 Å². The van der Waals surface area contributed by atoms with Crippen LogP contribution in [0.1, 0.15) is 6.92 Å². The minimum atomic E-state index is 0. The Morgan fingerprint density at radius 3 is 1.73 bits per heavy atom. The van der Waals surface area contributed by atoms with E-state index >= 15 is 0 Å². The van der Waals surface area contributed by atoms with Crippen molar-refractivity contribution in [1.29, 1.82) is 0 Å². The van der Waals surface area contributed by atoms with E-state index in [9.17, 15) is 0 Å². The molecule has 0 radical (unpaired) electrons. The van der Waals surface area contributed by atoms with Crippen LogP contribution in [0.4, 0.5) is 0 Å². The average molecular weight is 195 g/mol. The molecule has 0 aliphatic carbocycles. The predicted molar refractivity (Wildman–Crippen MR) is 55.7 cm³/mol. The molecule has 0 atom stereocenters. The Hall–Kier alpha value is 0.556. The van der Waals surface area contributed by atoms with Crippen LogP contribution in [-0.2, 0) is 25.3 Å². The predicted octanol–water partition coefficient (Wildman–Crippen LogP) is 1.76. The molecule has 3 heteroatoms. The van der Waals surface area contributed by atoms with Gasteiger partial charge in [0.15, 0.2) is 0 Å². The first kappa shape index (κ1) is 14.1. The normalized spacial score (nSPS) is 7.09. The van der Waals surface area contributed by atoms with Crippen molar-refractivity contribution >= 4 is 48.3 Å². The molecule has 0 bridgehead atoms. The number of hydrogen-bond donors (Lipinski definition) is 0. The van der Waals surface area contributed by atoms with E-state index in [1.165, 1.54) is 0 Å². The topological polar surface area (TPSA) is 0 Å². The molecule has 0 saturated carbocycles. The molecule has 1 rings (SSSR count). The summed E-state index contributed by atoms with van der Waals surface area (Å²) in [4.78, 5) is 0.905. The zero-order chi connectivity index (χ0) is 7.82. The van der Waals surface area contributed by atoms with E-state index in [1.54, 1.807) is 0 Å². The van der Waals surface area contributed by atoms with Gasteiger partial charge in [0.2, 0.25) is 0 Å². The molecule has 0 aromatic heterocycles. The van der Waals surface area contributed by atoms with Gasteiger partial charge in [0.1, 0.15) is 0 Å². The molecule has 11 heavy (non-hydrogen) atoms. The zero-order valence-corrected chi connectivity index (χ0v) is 9.66. The van der Waals surface area contributed by atoms with Crippen LogP contribution in [-0.4, -0.2) is 28.8 Å². The van der Waals surface area contributed by atoms with Crippen molar-refractivity contribution in [2.45, 2.75) is 11.8 Å². The summed E-state index contributed by atoms with van der Waals surface area (Å²) in [6, 6.07) is 9.62. The first-order valence-electron chi connectivity index (χ1n) is 3.11. The molecule has 0 N–H and O–H groups in total. The SMILES string of the molecule is CC[S-].[Mg+2].[S-]c1ccccc1. The molecule has 1 aromatic carbocycles. The second-order valence-electron chi connectivity index (χ2n) is 1.60. The summed E-state index contributed by atoms with van der Waals surface area (Å²) in [6.07, 6.45) is 0. The van der Waals surface area contributed by atoms with Gasteiger partial charge in [0.25, 0.3) is 0 Å². The van der Waals surface area contributed by atoms with E-state index in [-0.39, 0.29) is 23.1 Å². The summed E-state index contributed by atoms with van der Waals surface area (Å²) in [7, 11) is 0. The summed E-state index contributed by atoms with van der Waals surface area (Å²) >= 11 is 9.21. The number of hydrogen-bond acceptors (Lipinski definition) is 2. The second kappa shape index (κ2) is 10.6. The van der Waals surface area contributed by atoms with Crippen molar-refractivity contribution in [3.05, 3.63) is 30.3 Å². The van der Waals surface area contributed by atoms with Gasteiger partial charge in [-0.05, 0) is 0 Å². The third kappa shape index (κ3) is 10.6. The Kier molecular flexibility index (Phi) is 13.5. The Morgan fingerprint density at radius 2 is 1.55 bits per heavy atom. The summed E-state index contributed by atoms with van der Waals surface area (Å²) in [5, 5.41) is 0. The summed E-state index contributed by atoms with van der Waals surface area (Å²) in [5.74, 6) is 0.833. The molecule has 0 saturated heterocycles. The maximum Gasteiger partial charge on any atom is 2.00 e. The fourth-order valence-corrected chi connectivity index (χ4v) is 0.578. The molecule has 0 nitrogen and oxygen atoms in total. The largest absolute Gasteiger partial charge is 2.00 e. The van der Waals surface area contributed by atoms with E-state index in [0.717, 1.165) is 10.6 Å². The van der Waals surface area contributed by atoms with Crippen molar-refractivity contribution in [3.8, 4) is 0 Å². The third-order valence-corrected chi connectivity index (χ3v) is 1.02. The Bertz CT molecular complexity index is 153. The molecule has 0 aliphatic heterocycles. The van der Waals surface area contributed by atoms with Gasteiger partial charge in [0, 0.05) is 0 Å². The fourth-order valence-electron chi connectivity index (χ4n) is 0.420. The third-order valence-electron chi connectivity index (χ3n) is 0.743. The smallest absolute Gasteiger partial charge is 0.793 e. The molecule has 1 aromatic rings. The summed E-state index contributed by atoms with van der Waals surface area (Å²) in [5.41, 5.74) is 0. The van der Waals surface area contributed by atoms with Crippen LogP contribution in [0.5, 0.6) is 0 Å². The first-order valence-corrected chi connectivity index (χ1v) is 4.10. The Labute approximate surface area is 95.7 Å². The van der Waals surface area contributed by atoms with E-state index in [0.29, 0.717) is 0 Å². The molecule has 0 fully saturated rings. The van der Waals surface area contributed by atoms with Gasteiger partial charge >= 0.3 is 23.1 Å². The van der Waals surface area contributed by atoms with Gasteiger partial charge in [-0.1, -0.05) is 37.3 Å². The monoisotopic (exact) mass is 194 g/mol. The number of benzene rings is 1. The quantitative estimate of drug-likeness (QED) is 0.456. The van der Waals surface area contributed by atoms with Gasteiger partial charge in [-0.3, -0.25) is 0 Å². The molecule has 0 aliphatic rings. The van der Waals surface area contributed by atoms with Crippen LogP contribution in [0.3, 0.4) is 0 Å². The maximum atomic E-state index is 4.81. The molecule has 0 spiro atoms. The molecular weight excluding hydrogens is 185 g/mol. The van der Waals surface area contributed by atoms with Crippen LogP contribution in [0.25, 0.3) is 0 Å². The Morgan fingerprint density at radius 1 is 1.18 bits per heavy atom. The van der Waals surface area contributed by atoms with Gasteiger partial charge in [-0.2, -0.15) is 10.6 Å². The summed E-state index contributed by atoms with van der Waals surface area (Å²) in [6.45, 7) is 1.94. The fraction of sp³-hybridized carbons (Fsp3) is 0.250. The molecular formula is C8H10MgS2. The second-order valence-corrected chi connectivity index (χ2v) is 2.65. The van der Waals surface area contributed by atoms with E-state index in [2.05, 4.69) is 12.6 Å². The van der Waals surface area contributed by atoms with E-state index < -0.39 is 0 Å². The van der Waals surface area contributed by atoms with Crippen LogP contribution < -0.4 is 0 Å². The first-order chi connectivity index (χ1) is 4.81. The van der Waals surface area contributed by atoms with Gasteiger partial charge in [0.05, 0.1) is 0 Å². The zero-order valence-electron chi connectivity index (χ0n) is 6.62. The van der Waals surface area contributed by atoms with Crippen LogP contribution >= 0.6 is 0 Å². The number of rotatable bonds is 0. The Balaban J connectivity index is 0. The summed E-state index contributed by atoms with van der Waals surface area (Å²) < 4.78 is 0.